The fourth-order valence-electron chi connectivity index (χ4n) is 4.16. The first-order chi connectivity index (χ1) is 13.5. The van der Waals surface area contributed by atoms with Crippen LogP contribution in [0.2, 0.25) is 5.02 Å². The molecule has 2 aliphatic heterocycles. The highest BCUT2D eigenvalue weighted by Gasteiger charge is 2.41. The lowest BCUT2D eigenvalue weighted by atomic mass is 9.87. The largest absolute Gasteiger partial charge is 0.508 e. The number of phenols is 1. The molecule has 1 atom stereocenters. The van der Waals surface area contributed by atoms with Gasteiger partial charge in [0, 0.05) is 61.6 Å². The van der Waals surface area contributed by atoms with Crippen LogP contribution in [0.15, 0.2) is 53.5 Å². The van der Waals surface area contributed by atoms with Gasteiger partial charge in [0.05, 0.1) is 0 Å². The van der Waals surface area contributed by atoms with Crippen molar-refractivity contribution in [1.29, 1.82) is 0 Å². The molecule has 1 saturated heterocycles. The van der Waals surface area contributed by atoms with Crippen molar-refractivity contribution in [2.24, 2.45) is 4.99 Å². The van der Waals surface area contributed by atoms with Crippen molar-refractivity contribution in [3.8, 4) is 5.75 Å². The maximum absolute atomic E-state index is 11.7. The van der Waals surface area contributed by atoms with Crippen molar-refractivity contribution in [3.63, 3.8) is 0 Å². The Morgan fingerprint density at radius 1 is 1.21 bits per heavy atom. The lowest BCUT2D eigenvalue weighted by Gasteiger charge is -2.45. The first-order valence-electron chi connectivity index (χ1n) is 9.61. The zero-order valence-electron chi connectivity index (χ0n) is 15.9. The summed E-state index contributed by atoms with van der Waals surface area (Å²) in [5.74, 6) is 0.328. The van der Waals surface area contributed by atoms with Gasteiger partial charge in [-0.25, -0.2) is 0 Å². The summed E-state index contributed by atoms with van der Waals surface area (Å²) < 4.78 is 0. The Labute approximate surface area is 170 Å². The van der Waals surface area contributed by atoms with Crippen molar-refractivity contribution >= 4 is 23.2 Å². The number of benzene rings is 2. The zero-order chi connectivity index (χ0) is 19.7. The number of carbonyl (C=O) groups excluding carboxylic acids is 1. The van der Waals surface area contributed by atoms with Crippen LogP contribution < -0.4 is 5.32 Å². The third-order valence-electron chi connectivity index (χ3n) is 5.70. The van der Waals surface area contributed by atoms with Crippen LogP contribution in [0.1, 0.15) is 43.4 Å². The number of nitrogens with zero attached hydrogens (tertiary/aromatic N) is 2. The first kappa shape index (κ1) is 19.0. The number of piperidine rings is 1. The number of nitrogens with one attached hydrogen (secondary N) is 1. The monoisotopic (exact) mass is 397 g/mol. The molecule has 0 aliphatic carbocycles. The van der Waals surface area contributed by atoms with Crippen molar-refractivity contribution in [2.75, 3.05) is 13.1 Å². The van der Waals surface area contributed by atoms with Gasteiger partial charge in [0.2, 0.25) is 5.91 Å². The second kappa shape index (κ2) is 7.57. The Hall–Kier alpha value is -2.37. The number of aliphatic imine (C=N–C) groups is 1. The first-order valence-corrected chi connectivity index (χ1v) is 9.99. The molecule has 0 unspecified atom stereocenters. The molecule has 0 saturated carbocycles. The molecule has 2 N–H and O–H groups in total. The van der Waals surface area contributed by atoms with E-state index in [0.717, 1.165) is 29.7 Å². The summed E-state index contributed by atoms with van der Waals surface area (Å²) in [4.78, 5) is 18.7. The number of carbonyl (C=O) groups is 1. The summed E-state index contributed by atoms with van der Waals surface area (Å²) >= 11 is 6.21. The molecular formula is C22H24ClN3O2. The van der Waals surface area contributed by atoms with Crippen LogP contribution in [0.5, 0.6) is 5.75 Å². The molecule has 0 radical (unpaired) electrons. The Morgan fingerprint density at radius 3 is 2.61 bits per heavy atom. The van der Waals surface area contributed by atoms with E-state index >= 15 is 0 Å². The van der Waals surface area contributed by atoms with E-state index in [1.165, 1.54) is 0 Å². The number of hydrogen-bond donors (Lipinski definition) is 2. The van der Waals surface area contributed by atoms with E-state index in [0.29, 0.717) is 24.5 Å². The molecule has 2 aliphatic rings. The number of aromatic hydroxyl groups is 1. The molecule has 6 heteroatoms. The Balaban J connectivity index is 1.71. The third-order valence-corrected chi connectivity index (χ3v) is 5.93. The minimum Gasteiger partial charge on any atom is -0.508 e. The standard InChI is InChI=1S/C22H24ClN3O2/c1-15(27)26-11-9-22(10-12-26)24-19(16-5-3-2-4-6-16)14-20(25-22)18-13-17(23)7-8-21(18)28/h2-8,13,20,25,28H,9-12,14H2,1H3/t20-/m0/s1. The van der Waals surface area contributed by atoms with Gasteiger partial charge < -0.3 is 10.0 Å². The quantitative estimate of drug-likeness (QED) is 0.807. The maximum atomic E-state index is 11.7. The summed E-state index contributed by atoms with van der Waals surface area (Å²) in [5.41, 5.74) is 2.43. The van der Waals surface area contributed by atoms with E-state index in [2.05, 4.69) is 17.4 Å². The lowest BCUT2D eigenvalue weighted by molar-refractivity contribution is -0.130. The highest BCUT2D eigenvalue weighted by molar-refractivity contribution is 6.30. The second-order valence-corrected chi connectivity index (χ2v) is 8.00. The van der Waals surface area contributed by atoms with Crippen molar-refractivity contribution in [2.45, 2.75) is 37.9 Å². The highest BCUT2D eigenvalue weighted by atomic mass is 35.5. The zero-order valence-corrected chi connectivity index (χ0v) is 16.6. The third kappa shape index (κ3) is 3.77. The van der Waals surface area contributed by atoms with Gasteiger partial charge in [-0.1, -0.05) is 41.9 Å². The van der Waals surface area contributed by atoms with Crippen LogP contribution in [0.3, 0.4) is 0 Å². The molecule has 28 heavy (non-hydrogen) atoms. The molecular weight excluding hydrogens is 374 g/mol. The van der Waals surface area contributed by atoms with Crippen molar-refractivity contribution in [3.05, 3.63) is 64.7 Å². The number of likely N-dealkylation sites (tertiary alicyclic amines) is 1. The van der Waals surface area contributed by atoms with E-state index < -0.39 is 5.66 Å². The topological polar surface area (TPSA) is 64.9 Å². The number of phenolic OH excluding ortho intramolecular Hbond substituents is 1. The van der Waals surface area contributed by atoms with Gasteiger partial charge in [-0.2, -0.15) is 0 Å². The SMILES string of the molecule is CC(=O)N1CCC2(CC1)N=C(c1ccccc1)C[C@@H](c1cc(Cl)ccc1O)N2. The maximum Gasteiger partial charge on any atom is 0.219 e. The van der Waals surface area contributed by atoms with Crippen molar-refractivity contribution < 1.29 is 9.90 Å². The van der Waals surface area contributed by atoms with Crippen LogP contribution in [-0.4, -0.2) is 40.4 Å². The van der Waals surface area contributed by atoms with Crippen LogP contribution in [0, 0.1) is 0 Å². The molecule has 0 bridgehead atoms. The highest BCUT2D eigenvalue weighted by Crippen LogP contribution is 2.38. The van der Waals surface area contributed by atoms with Crippen molar-refractivity contribution in [1.82, 2.24) is 10.2 Å². The van der Waals surface area contributed by atoms with Gasteiger partial charge in [-0.05, 0) is 23.8 Å². The smallest absolute Gasteiger partial charge is 0.219 e. The van der Waals surface area contributed by atoms with E-state index in [1.807, 2.05) is 29.2 Å². The molecule has 4 rings (SSSR count). The molecule has 1 fully saturated rings. The van der Waals surface area contributed by atoms with Gasteiger partial charge in [0.15, 0.2) is 0 Å². The molecule has 2 heterocycles. The average Bonchev–Trinajstić information content (AvgIpc) is 2.70. The van der Waals surface area contributed by atoms with Gasteiger partial charge in [-0.3, -0.25) is 15.1 Å². The molecule has 2 aromatic carbocycles. The van der Waals surface area contributed by atoms with Gasteiger partial charge in [0.25, 0.3) is 0 Å². The molecule has 0 aromatic heterocycles. The van der Waals surface area contributed by atoms with Crippen LogP contribution in [-0.2, 0) is 4.79 Å². The second-order valence-electron chi connectivity index (χ2n) is 7.57. The minimum absolute atomic E-state index is 0.0990. The van der Waals surface area contributed by atoms with Crippen LogP contribution >= 0.6 is 11.6 Å². The summed E-state index contributed by atoms with van der Waals surface area (Å²) in [7, 11) is 0. The Bertz CT molecular complexity index is 905. The number of amides is 1. The van der Waals surface area contributed by atoms with Gasteiger partial charge in [-0.15, -0.1) is 0 Å². The summed E-state index contributed by atoms with van der Waals surface area (Å²) in [5, 5.41) is 14.7. The van der Waals surface area contributed by atoms with E-state index in [1.54, 1.807) is 19.1 Å². The Morgan fingerprint density at radius 2 is 1.93 bits per heavy atom. The predicted molar refractivity (Wildman–Crippen MR) is 111 cm³/mol. The lowest BCUT2D eigenvalue weighted by Crippen LogP contribution is -2.56. The van der Waals surface area contributed by atoms with Gasteiger partial charge >= 0.3 is 0 Å². The summed E-state index contributed by atoms with van der Waals surface area (Å²) in [6.07, 6.45) is 2.14. The summed E-state index contributed by atoms with van der Waals surface area (Å²) in [6, 6.07) is 15.2. The number of halogens is 1. The van der Waals surface area contributed by atoms with Gasteiger partial charge in [0.1, 0.15) is 11.4 Å². The van der Waals surface area contributed by atoms with E-state index in [4.69, 9.17) is 16.6 Å². The number of hydrogen-bond acceptors (Lipinski definition) is 4. The van der Waals surface area contributed by atoms with E-state index in [9.17, 15) is 9.90 Å². The molecule has 5 nitrogen and oxygen atoms in total. The number of rotatable bonds is 2. The average molecular weight is 398 g/mol. The van der Waals surface area contributed by atoms with Crippen LogP contribution in [0.4, 0.5) is 0 Å². The molecule has 2 aromatic rings. The van der Waals surface area contributed by atoms with E-state index in [-0.39, 0.29) is 17.7 Å². The molecule has 1 amide bonds. The normalized spacial score (nSPS) is 21.4. The summed E-state index contributed by atoms with van der Waals surface area (Å²) in [6.45, 7) is 2.95. The minimum atomic E-state index is -0.450. The molecule has 146 valence electrons. The predicted octanol–water partition coefficient (Wildman–Crippen LogP) is 3.91. The molecule has 1 spiro atoms. The van der Waals surface area contributed by atoms with Crippen LogP contribution in [0.25, 0.3) is 0 Å². The fraction of sp³-hybridized carbons (Fsp3) is 0.364. The fourth-order valence-corrected chi connectivity index (χ4v) is 4.34. The Kier molecular flexibility index (Phi) is 5.13.